The van der Waals surface area contributed by atoms with Crippen molar-refractivity contribution in [2.45, 2.75) is 45.3 Å². The van der Waals surface area contributed by atoms with E-state index in [0.29, 0.717) is 37.4 Å². The third kappa shape index (κ3) is 7.64. The number of imidazole rings is 1. The van der Waals surface area contributed by atoms with Crippen molar-refractivity contribution in [1.82, 2.24) is 19.8 Å². The van der Waals surface area contributed by atoms with Crippen LogP contribution in [0.4, 0.5) is 5.69 Å². The summed E-state index contributed by atoms with van der Waals surface area (Å²) < 4.78 is 23.3. The van der Waals surface area contributed by atoms with Gasteiger partial charge in [-0.05, 0) is 65.3 Å². The molecule has 2 aliphatic heterocycles. The lowest BCUT2D eigenvalue weighted by atomic mass is 10.0. The van der Waals surface area contributed by atoms with Gasteiger partial charge in [-0.2, -0.15) is 0 Å². The van der Waals surface area contributed by atoms with Crippen LogP contribution >= 0.6 is 0 Å². The first-order valence-electron chi connectivity index (χ1n) is 16.2. The van der Waals surface area contributed by atoms with E-state index in [9.17, 15) is 18.0 Å². The Bertz CT molecular complexity index is 1800. The molecule has 1 aromatic heterocycles. The standard InChI is InChI=1S/C36H42N6O4S/c1-24(2)33(37)36(44)42-17-3-4-32(42)34-38-22-31(40-34)28-11-7-26(8-12-28)27-9-13-29(14-10-27)35(43)39-30-15-5-25(6-16-30)23-41-18-20-47(45,46)21-19-41/h5-16,22,24,32-33H,3-4,17-21,23,37H2,1-2H3,(H,38,40)(H,39,43)/t32-,33+/m0/s1. The Morgan fingerprint density at radius 3 is 2.17 bits per heavy atom. The van der Waals surface area contributed by atoms with Crippen LogP contribution < -0.4 is 11.1 Å². The molecule has 3 aromatic carbocycles. The minimum absolute atomic E-state index is 0.0190. The Labute approximate surface area is 276 Å². The summed E-state index contributed by atoms with van der Waals surface area (Å²) in [4.78, 5) is 38.0. The quantitative estimate of drug-likeness (QED) is 0.234. The molecule has 0 unspecified atom stereocenters. The van der Waals surface area contributed by atoms with Gasteiger partial charge in [-0.1, -0.05) is 62.4 Å². The number of nitrogens with zero attached hydrogens (tertiary/aromatic N) is 3. The first-order chi connectivity index (χ1) is 22.6. The number of anilines is 1. The third-order valence-corrected chi connectivity index (χ3v) is 10.8. The van der Waals surface area contributed by atoms with Crippen LogP contribution in [0.15, 0.2) is 79.0 Å². The summed E-state index contributed by atoms with van der Waals surface area (Å²) in [5.74, 6) is 1.06. The highest BCUT2D eigenvalue weighted by Gasteiger charge is 2.35. The molecule has 10 nitrogen and oxygen atoms in total. The number of carbonyl (C=O) groups is 2. The Kier molecular flexibility index (Phi) is 9.58. The number of amides is 2. The molecular weight excluding hydrogens is 613 g/mol. The second kappa shape index (κ2) is 13.8. The number of hydrogen-bond donors (Lipinski definition) is 3. The number of likely N-dealkylation sites (tertiary alicyclic amines) is 1. The summed E-state index contributed by atoms with van der Waals surface area (Å²) in [6, 6.07) is 22.7. The van der Waals surface area contributed by atoms with Gasteiger partial charge < -0.3 is 20.9 Å². The maximum absolute atomic E-state index is 13.0. The molecule has 0 aliphatic carbocycles. The Morgan fingerprint density at radius 1 is 0.915 bits per heavy atom. The van der Waals surface area contributed by atoms with Crippen molar-refractivity contribution in [2.24, 2.45) is 11.7 Å². The van der Waals surface area contributed by atoms with E-state index in [1.54, 1.807) is 0 Å². The maximum atomic E-state index is 13.0. The number of rotatable bonds is 9. The average molecular weight is 655 g/mol. The first kappa shape index (κ1) is 32.6. The zero-order valence-electron chi connectivity index (χ0n) is 26.9. The number of aromatic nitrogens is 2. The molecule has 0 saturated carbocycles. The average Bonchev–Trinajstić information content (AvgIpc) is 3.77. The van der Waals surface area contributed by atoms with E-state index < -0.39 is 15.9 Å². The van der Waals surface area contributed by atoms with E-state index in [0.717, 1.165) is 46.6 Å². The first-order valence-corrected chi connectivity index (χ1v) is 18.0. The van der Waals surface area contributed by atoms with E-state index in [2.05, 4.69) is 20.2 Å². The summed E-state index contributed by atoms with van der Waals surface area (Å²) in [7, 11) is -2.90. The molecule has 2 fully saturated rings. The highest BCUT2D eigenvalue weighted by atomic mass is 32.2. The zero-order chi connectivity index (χ0) is 33.1. The normalized spacial score (nSPS) is 18.7. The van der Waals surface area contributed by atoms with Crippen LogP contribution in [-0.2, 0) is 21.2 Å². The van der Waals surface area contributed by atoms with Crippen LogP contribution in [0.1, 0.15) is 54.5 Å². The van der Waals surface area contributed by atoms with Crippen LogP contribution in [0.25, 0.3) is 22.4 Å². The molecule has 4 N–H and O–H groups in total. The highest BCUT2D eigenvalue weighted by Crippen LogP contribution is 2.33. The van der Waals surface area contributed by atoms with E-state index in [-0.39, 0.29) is 35.3 Å². The van der Waals surface area contributed by atoms with Crippen LogP contribution in [0.5, 0.6) is 0 Å². The fourth-order valence-corrected chi connectivity index (χ4v) is 7.44. The van der Waals surface area contributed by atoms with Gasteiger partial charge >= 0.3 is 0 Å². The molecule has 2 atom stereocenters. The molecule has 0 bridgehead atoms. The number of carbonyl (C=O) groups excluding carboxylic acids is 2. The predicted octanol–water partition coefficient (Wildman–Crippen LogP) is 4.87. The van der Waals surface area contributed by atoms with Crippen molar-refractivity contribution in [3.05, 3.63) is 95.9 Å². The minimum Gasteiger partial charge on any atom is -0.340 e. The predicted molar refractivity (Wildman–Crippen MR) is 184 cm³/mol. The monoisotopic (exact) mass is 654 g/mol. The second-order valence-corrected chi connectivity index (χ2v) is 15.2. The molecule has 2 amide bonds. The summed E-state index contributed by atoms with van der Waals surface area (Å²) in [5.41, 5.74) is 12.4. The van der Waals surface area contributed by atoms with Crippen molar-refractivity contribution in [2.75, 3.05) is 36.5 Å². The van der Waals surface area contributed by atoms with Crippen LogP contribution in [0, 0.1) is 5.92 Å². The fourth-order valence-electron chi connectivity index (χ4n) is 6.16. The topological polar surface area (TPSA) is 141 Å². The van der Waals surface area contributed by atoms with E-state index >= 15 is 0 Å². The van der Waals surface area contributed by atoms with Gasteiger partial charge in [0.25, 0.3) is 5.91 Å². The summed E-state index contributed by atoms with van der Waals surface area (Å²) >= 11 is 0. The largest absolute Gasteiger partial charge is 0.340 e. The van der Waals surface area contributed by atoms with Crippen LogP contribution in [0.3, 0.4) is 0 Å². The lowest BCUT2D eigenvalue weighted by molar-refractivity contribution is -0.134. The van der Waals surface area contributed by atoms with E-state index in [4.69, 9.17) is 5.73 Å². The summed E-state index contributed by atoms with van der Waals surface area (Å²) in [6.45, 7) is 6.40. The number of sulfone groups is 1. The van der Waals surface area contributed by atoms with Gasteiger partial charge in [-0.25, -0.2) is 13.4 Å². The lowest BCUT2D eigenvalue weighted by Gasteiger charge is -2.27. The van der Waals surface area contributed by atoms with Crippen LogP contribution in [-0.4, -0.2) is 77.2 Å². The lowest BCUT2D eigenvalue weighted by Crippen LogP contribution is -2.46. The molecule has 6 rings (SSSR count). The number of benzene rings is 3. The third-order valence-electron chi connectivity index (χ3n) is 9.18. The summed E-state index contributed by atoms with van der Waals surface area (Å²) in [6.07, 6.45) is 3.60. The van der Waals surface area contributed by atoms with Crippen molar-refractivity contribution in [3.8, 4) is 22.4 Å². The smallest absolute Gasteiger partial charge is 0.255 e. The van der Waals surface area contributed by atoms with Crippen molar-refractivity contribution >= 4 is 27.3 Å². The molecule has 11 heteroatoms. The van der Waals surface area contributed by atoms with Gasteiger partial charge in [0.1, 0.15) is 5.82 Å². The Hall–Kier alpha value is -4.32. The minimum atomic E-state index is -2.90. The van der Waals surface area contributed by atoms with E-state index in [1.165, 1.54) is 0 Å². The molecule has 2 aliphatic rings. The SMILES string of the molecule is CC(C)[C@@H](N)C(=O)N1CCC[C@H]1c1ncc(-c2ccc(-c3ccc(C(=O)Nc4ccc(CN5CCS(=O)(=O)CC5)cc4)cc3)cc2)[nH]1. The molecule has 246 valence electrons. The van der Waals surface area contributed by atoms with Crippen LogP contribution in [0.2, 0.25) is 0 Å². The number of hydrogen-bond acceptors (Lipinski definition) is 7. The molecule has 47 heavy (non-hydrogen) atoms. The molecule has 2 saturated heterocycles. The Balaban J connectivity index is 1.04. The van der Waals surface area contributed by atoms with Gasteiger partial charge in [0.05, 0.1) is 35.5 Å². The number of H-pyrrole nitrogens is 1. The summed E-state index contributed by atoms with van der Waals surface area (Å²) in [5, 5.41) is 2.96. The van der Waals surface area contributed by atoms with Crippen molar-refractivity contribution < 1.29 is 18.0 Å². The van der Waals surface area contributed by atoms with Crippen molar-refractivity contribution in [3.63, 3.8) is 0 Å². The van der Waals surface area contributed by atoms with Gasteiger partial charge in [-0.15, -0.1) is 0 Å². The van der Waals surface area contributed by atoms with E-state index in [1.807, 2.05) is 97.7 Å². The van der Waals surface area contributed by atoms with Gasteiger partial charge in [-0.3, -0.25) is 14.5 Å². The maximum Gasteiger partial charge on any atom is 0.255 e. The molecular formula is C36H42N6O4S. The van der Waals surface area contributed by atoms with Gasteiger partial charge in [0.15, 0.2) is 9.84 Å². The number of nitrogens with two attached hydrogens (primary N) is 1. The molecule has 0 radical (unpaired) electrons. The number of aromatic amines is 1. The zero-order valence-corrected chi connectivity index (χ0v) is 27.7. The molecule has 3 heterocycles. The fraction of sp³-hybridized carbons (Fsp3) is 0.361. The molecule has 0 spiro atoms. The number of nitrogens with one attached hydrogen (secondary N) is 2. The second-order valence-electron chi connectivity index (χ2n) is 12.9. The Morgan fingerprint density at radius 2 is 1.53 bits per heavy atom. The van der Waals surface area contributed by atoms with Crippen molar-refractivity contribution in [1.29, 1.82) is 0 Å². The molecule has 4 aromatic rings. The highest BCUT2D eigenvalue weighted by molar-refractivity contribution is 7.91. The van der Waals surface area contributed by atoms with Gasteiger partial charge in [0.2, 0.25) is 5.91 Å². The van der Waals surface area contributed by atoms with Gasteiger partial charge in [0, 0.05) is 37.4 Å².